The second-order valence-corrected chi connectivity index (χ2v) is 7.52. The predicted octanol–water partition coefficient (Wildman–Crippen LogP) is 1.57. The molecule has 1 fully saturated rings. The van der Waals surface area contributed by atoms with Crippen LogP contribution in [0.5, 0.6) is 0 Å². The summed E-state index contributed by atoms with van der Waals surface area (Å²) in [4.78, 5) is 53.5. The van der Waals surface area contributed by atoms with E-state index in [-0.39, 0.29) is 5.91 Å². The molecule has 0 radical (unpaired) electrons. The van der Waals surface area contributed by atoms with Crippen molar-refractivity contribution in [2.75, 3.05) is 25.7 Å². The number of hydrogen-bond donors (Lipinski definition) is 0. The minimum absolute atomic E-state index is 0.315. The van der Waals surface area contributed by atoms with Crippen LogP contribution in [0.25, 0.3) is 0 Å². The van der Waals surface area contributed by atoms with Crippen LogP contribution in [0.3, 0.4) is 0 Å². The molecule has 1 aromatic carbocycles. The number of amides is 3. The molecule has 0 N–H and O–H groups in total. The fourth-order valence-corrected chi connectivity index (χ4v) is 4.15. The molecule has 2 heterocycles. The van der Waals surface area contributed by atoms with Crippen molar-refractivity contribution in [3.8, 4) is 0 Å². The van der Waals surface area contributed by atoms with Crippen LogP contribution >= 0.6 is 11.8 Å². The smallest absolute Gasteiger partial charge is 0.328 e. The molecule has 3 amide bonds. The van der Waals surface area contributed by atoms with Crippen molar-refractivity contribution < 1.29 is 23.9 Å². The quantitative estimate of drug-likeness (QED) is 0.542. The zero-order valence-corrected chi connectivity index (χ0v) is 16.2. The van der Waals surface area contributed by atoms with Crippen LogP contribution in [0.4, 0.5) is 0 Å². The average molecular weight is 390 g/mol. The van der Waals surface area contributed by atoms with Crippen LogP contribution in [0.1, 0.15) is 40.0 Å². The number of fused-ring (bicyclic) bond motifs is 1. The molecule has 0 aromatic heterocycles. The van der Waals surface area contributed by atoms with Gasteiger partial charge in [-0.25, -0.2) is 4.79 Å². The minimum Gasteiger partial charge on any atom is -0.467 e. The summed E-state index contributed by atoms with van der Waals surface area (Å²) in [5.41, 5.74) is 0.630. The highest BCUT2D eigenvalue weighted by Crippen LogP contribution is 2.29. The van der Waals surface area contributed by atoms with E-state index in [9.17, 15) is 19.2 Å². The highest BCUT2D eigenvalue weighted by atomic mass is 32.2. The summed E-state index contributed by atoms with van der Waals surface area (Å²) in [6.45, 7) is 0.414. The lowest BCUT2D eigenvalue weighted by Gasteiger charge is -2.31. The standard InChI is InChI=1S/C19H22N2O5S/c1-26-19(25)15-8-5-10-20(15)18(24)14(9-11-27-2)21-16(22)12-6-3-4-7-13(12)17(21)23/h3-4,6-7,14-15H,5,8-11H2,1-2H3/t14-,15+/m0/s1. The number of hydrogen-bond acceptors (Lipinski definition) is 6. The summed E-state index contributed by atoms with van der Waals surface area (Å²) in [6, 6.07) is 5.00. The molecule has 8 heteroatoms. The van der Waals surface area contributed by atoms with Crippen LogP contribution in [0, 0.1) is 0 Å². The third kappa shape index (κ3) is 3.45. The molecule has 7 nitrogen and oxygen atoms in total. The number of carbonyl (C=O) groups excluding carboxylic acids is 4. The van der Waals surface area contributed by atoms with Crippen molar-refractivity contribution in [1.82, 2.24) is 9.80 Å². The first-order valence-electron chi connectivity index (χ1n) is 8.85. The van der Waals surface area contributed by atoms with E-state index in [0.717, 1.165) is 4.90 Å². The maximum atomic E-state index is 13.3. The number of methoxy groups -OCH3 is 1. The summed E-state index contributed by atoms with van der Waals surface area (Å²) in [5, 5.41) is 0. The van der Waals surface area contributed by atoms with Gasteiger partial charge in [0.2, 0.25) is 5.91 Å². The molecule has 144 valence electrons. The summed E-state index contributed by atoms with van der Waals surface area (Å²) < 4.78 is 4.81. The fourth-order valence-electron chi connectivity index (χ4n) is 3.69. The maximum Gasteiger partial charge on any atom is 0.328 e. The first-order valence-corrected chi connectivity index (χ1v) is 10.2. The van der Waals surface area contributed by atoms with Crippen LogP contribution < -0.4 is 0 Å². The van der Waals surface area contributed by atoms with Gasteiger partial charge in [-0.15, -0.1) is 0 Å². The maximum absolute atomic E-state index is 13.3. The minimum atomic E-state index is -0.921. The molecule has 0 unspecified atom stereocenters. The number of imide groups is 1. The van der Waals surface area contributed by atoms with Crippen molar-refractivity contribution in [2.45, 2.75) is 31.3 Å². The van der Waals surface area contributed by atoms with Crippen LogP contribution in [0.15, 0.2) is 24.3 Å². The molecule has 1 saturated heterocycles. The molecule has 0 spiro atoms. The largest absolute Gasteiger partial charge is 0.467 e. The Balaban J connectivity index is 1.91. The zero-order valence-electron chi connectivity index (χ0n) is 15.3. The van der Waals surface area contributed by atoms with Gasteiger partial charge >= 0.3 is 5.97 Å². The average Bonchev–Trinajstić information content (AvgIpc) is 3.27. The van der Waals surface area contributed by atoms with Crippen molar-refractivity contribution in [2.24, 2.45) is 0 Å². The Morgan fingerprint density at radius 1 is 1.22 bits per heavy atom. The lowest BCUT2D eigenvalue weighted by atomic mass is 10.1. The van der Waals surface area contributed by atoms with Gasteiger partial charge in [0.25, 0.3) is 11.8 Å². The fraction of sp³-hybridized carbons (Fsp3) is 0.474. The van der Waals surface area contributed by atoms with Gasteiger partial charge in [-0.2, -0.15) is 11.8 Å². The molecular weight excluding hydrogens is 368 g/mol. The van der Waals surface area contributed by atoms with Crippen LogP contribution in [-0.4, -0.2) is 71.2 Å². The van der Waals surface area contributed by atoms with Crippen molar-refractivity contribution in [3.63, 3.8) is 0 Å². The molecule has 0 bridgehead atoms. The van der Waals surface area contributed by atoms with Crippen LogP contribution in [-0.2, 0) is 14.3 Å². The van der Waals surface area contributed by atoms with Gasteiger partial charge in [0.15, 0.2) is 0 Å². The number of benzene rings is 1. The van der Waals surface area contributed by atoms with Crippen molar-refractivity contribution in [1.29, 1.82) is 0 Å². The van der Waals surface area contributed by atoms with Gasteiger partial charge in [0, 0.05) is 6.54 Å². The number of esters is 1. The van der Waals surface area contributed by atoms with Gasteiger partial charge in [0.1, 0.15) is 12.1 Å². The Morgan fingerprint density at radius 2 is 1.85 bits per heavy atom. The SMILES string of the molecule is COC(=O)[C@H]1CCCN1C(=O)[C@H](CCSC)N1C(=O)c2ccccc2C1=O. The number of carbonyl (C=O) groups is 4. The first-order chi connectivity index (χ1) is 13.0. The third-order valence-electron chi connectivity index (χ3n) is 5.03. The highest BCUT2D eigenvalue weighted by Gasteiger charge is 2.46. The van der Waals surface area contributed by atoms with E-state index in [1.807, 2.05) is 6.26 Å². The second kappa shape index (κ2) is 8.12. The highest BCUT2D eigenvalue weighted by molar-refractivity contribution is 7.98. The van der Waals surface area contributed by atoms with Gasteiger partial charge < -0.3 is 9.64 Å². The zero-order chi connectivity index (χ0) is 19.6. The number of nitrogens with zero attached hydrogens (tertiary/aromatic N) is 2. The number of likely N-dealkylation sites (tertiary alicyclic amines) is 1. The Bertz CT molecular complexity index is 746. The molecule has 1 aromatic rings. The topological polar surface area (TPSA) is 84.0 Å². The summed E-state index contributed by atoms with van der Waals surface area (Å²) in [6.07, 6.45) is 3.45. The number of thioether (sulfide) groups is 1. The molecule has 0 aliphatic carbocycles. The lowest BCUT2D eigenvalue weighted by molar-refractivity contribution is -0.152. The van der Waals surface area contributed by atoms with Crippen LogP contribution in [0.2, 0.25) is 0 Å². The molecular formula is C19H22N2O5S. The second-order valence-electron chi connectivity index (χ2n) is 6.54. The van der Waals surface area contributed by atoms with Crippen molar-refractivity contribution in [3.05, 3.63) is 35.4 Å². The van der Waals surface area contributed by atoms with Crippen molar-refractivity contribution >= 4 is 35.5 Å². The molecule has 3 rings (SSSR count). The van der Waals surface area contributed by atoms with Gasteiger partial charge in [-0.1, -0.05) is 12.1 Å². The van der Waals surface area contributed by atoms with E-state index in [0.29, 0.717) is 42.7 Å². The van der Waals surface area contributed by atoms with Gasteiger partial charge in [-0.3, -0.25) is 19.3 Å². The predicted molar refractivity (Wildman–Crippen MR) is 100 cm³/mol. The van der Waals surface area contributed by atoms with E-state index in [4.69, 9.17) is 4.74 Å². The third-order valence-corrected chi connectivity index (χ3v) is 5.67. The monoisotopic (exact) mass is 390 g/mol. The molecule has 27 heavy (non-hydrogen) atoms. The first kappa shape index (κ1) is 19.4. The van der Waals surface area contributed by atoms with E-state index < -0.39 is 29.9 Å². The lowest BCUT2D eigenvalue weighted by Crippen LogP contribution is -2.53. The van der Waals surface area contributed by atoms with E-state index >= 15 is 0 Å². The Morgan fingerprint density at radius 3 is 2.41 bits per heavy atom. The summed E-state index contributed by atoms with van der Waals surface area (Å²) in [7, 11) is 1.29. The van der Waals surface area contributed by atoms with E-state index in [2.05, 4.69) is 0 Å². The molecule has 2 atom stereocenters. The summed E-state index contributed by atoms with van der Waals surface area (Å²) in [5.74, 6) is -1.13. The Hall–Kier alpha value is -2.35. The molecule has 0 saturated carbocycles. The Labute approximate surface area is 162 Å². The number of ether oxygens (including phenoxy) is 1. The van der Waals surface area contributed by atoms with E-state index in [1.54, 1.807) is 24.3 Å². The Kier molecular flexibility index (Phi) is 5.84. The number of rotatable bonds is 6. The normalized spacial score (nSPS) is 20.0. The van der Waals surface area contributed by atoms with Gasteiger partial charge in [-0.05, 0) is 43.4 Å². The summed E-state index contributed by atoms with van der Waals surface area (Å²) >= 11 is 1.53. The van der Waals surface area contributed by atoms with Gasteiger partial charge in [0.05, 0.1) is 18.2 Å². The van der Waals surface area contributed by atoms with E-state index in [1.165, 1.54) is 23.8 Å². The molecule has 2 aliphatic rings. The molecule has 2 aliphatic heterocycles.